The Hall–Kier alpha value is -8.27. The Morgan fingerprint density at radius 2 is 0.862 bits per heavy atom. The SMILES string of the molecule is C=C/C=C(\C=C)c1ccc(N(c2ccc(-c3ccccc3)cc2)c2ccc(-c3ccc(N(c4ccc(-c5cccnc5)cc4)c4ccc5c(c4)-c4ccccc4C5(C)C)cc3)cc2)cc1. The minimum atomic E-state index is -0.0646. The van der Waals surface area contributed by atoms with Gasteiger partial charge in [-0.2, -0.15) is 0 Å². The van der Waals surface area contributed by atoms with E-state index in [1.807, 2.05) is 30.6 Å². The maximum absolute atomic E-state index is 4.36. The lowest BCUT2D eigenvalue weighted by molar-refractivity contribution is 0.660. The van der Waals surface area contributed by atoms with Crippen LogP contribution < -0.4 is 9.80 Å². The first-order valence-electron chi connectivity index (χ1n) is 22.2. The standard InChI is InChI=1S/C62H49N3/c1-5-13-44(6-2)46-19-29-52(30-20-46)64(53-31-21-47(22-32-53)45-14-8-7-9-15-45)54-33-23-48(24-34-54)49-25-35-55(36-26-49)65(56-37-27-50(28-38-56)51-16-12-41-63-43-51)57-39-40-61-59(42-57)58-17-10-11-18-60(58)62(61,3)4/h5-43H,1-2H2,3-4H3/b44-13+. The molecule has 1 heterocycles. The highest BCUT2D eigenvalue weighted by Gasteiger charge is 2.35. The van der Waals surface area contributed by atoms with Crippen molar-refractivity contribution in [1.29, 1.82) is 0 Å². The molecular weight excluding hydrogens is 787 g/mol. The topological polar surface area (TPSA) is 19.4 Å². The molecule has 0 unspecified atom stereocenters. The molecule has 0 bridgehead atoms. The van der Waals surface area contributed by atoms with Crippen LogP contribution in [0.4, 0.5) is 34.1 Å². The lowest BCUT2D eigenvalue weighted by Crippen LogP contribution is -2.15. The predicted molar refractivity (Wildman–Crippen MR) is 276 cm³/mol. The number of benzene rings is 8. The molecule has 10 rings (SSSR count). The summed E-state index contributed by atoms with van der Waals surface area (Å²) in [7, 11) is 0. The zero-order valence-corrected chi connectivity index (χ0v) is 36.8. The van der Waals surface area contributed by atoms with Gasteiger partial charge in [0.05, 0.1) is 0 Å². The van der Waals surface area contributed by atoms with Crippen LogP contribution in [0.1, 0.15) is 30.5 Å². The lowest BCUT2D eigenvalue weighted by Gasteiger charge is -2.27. The number of pyridine rings is 1. The van der Waals surface area contributed by atoms with Crippen molar-refractivity contribution >= 4 is 39.7 Å². The second-order valence-corrected chi connectivity index (χ2v) is 17.0. The summed E-state index contributed by atoms with van der Waals surface area (Å²) in [4.78, 5) is 9.04. The Labute approximate surface area is 383 Å². The van der Waals surface area contributed by atoms with Crippen LogP contribution >= 0.6 is 0 Å². The number of allylic oxidation sites excluding steroid dienone is 4. The fourth-order valence-corrected chi connectivity index (χ4v) is 9.33. The summed E-state index contributed by atoms with van der Waals surface area (Å²) in [6.45, 7) is 12.6. The number of anilines is 6. The minimum absolute atomic E-state index is 0.0646. The largest absolute Gasteiger partial charge is 0.311 e. The molecule has 1 aliphatic carbocycles. The summed E-state index contributed by atoms with van der Waals surface area (Å²) in [6.07, 6.45) is 9.38. The van der Waals surface area contributed by atoms with Gasteiger partial charge in [-0.05, 0) is 146 Å². The number of aromatic nitrogens is 1. The third-order valence-electron chi connectivity index (χ3n) is 12.7. The van der Waals surface area contributed by atoms with Gasteiger partial charge in [-0.3, -0.25) is 4.98 Å². The van der Waals surface area contributed by atoms with Crippen LogP contribution in [0, 0.1) is 0 Å². The van der Waals surface area contributed by atoms with E-state index in [-0.39, 0.29) is 5.41 Å². The van der Waals surface area contributed by atoms with Crippen molar-refractivity contribution in [3.8, 4) is 44.5 Å². The zero-order chi connectivity index (χ0) is 44.3. The maximum Gasteiger partial charge on any atom is 0.0468 e. The number of rotatable bonds is 12. The highest BCUT2D eigenvalue weighted by Crippen LogP contribution is 2.51. The molecular formula is C62H49N3. The first-order valence-corrected chi connectivity index (χ1v) is 22.2. The van der Waals surface area contributed by atoms with Crippen molar-refractivity contribution in [2.24, 2.45) is 0 Å². The zero-order valence-electron chi connectivity index (χ0n) is 36.8. The molecule has 3 nitrogen and oxygen atoms in total. The van der Waals surface area contributed by atoms with Gasteiger partial charge in [-0.15, -0.1) is 0 Å². The van der Waals surface area contributed by atoms with E-state index in [9.17, 15) is 0 Å². The highest BCUT2D eigenvalue weighted by atomic mass is 15.1. The molecule has 0 amide bonds. The van der Waals surface area contributed by atoms with Gasteiger partial charge < -0.3 is 9.80 Å². The lowest BCUT2D eigenvalue weighted by atomic mass is 9.82. The van der Waals surface area contributed by atoms with Crippen LogP contribution in [-0.2, 0) is 5.41 Å². The minimum Gasteiger partial charge on any atom is -0.311 e. The molecule has 65 heavy (non-hydrogen) atoms. The van der Waals surface area contributed by atoms with Crippen molar-refractivity contribution < 1.29 is 0 Å². The van der Waals surface area contributed by atoms with Crippen molar-refractivity contribution in [3.63, 3.8) is 0 Å². The summed E-state index contributed by atoms with van der Waals surface area (Å²) >= 11 is 0. The summed E-state index contributed by atoms with van der Waals surface area (Å²) in [5.74, 6) is 0. The first-order chi connectivity index (χ1) is 31.9. The fraction of sp³-hybridized carbons (Fsp3) is 0.0484. The van der Waals surface area contributed by atoms with Crippen LogP contribution in [0.15, 0.2) is 250 Å². The maximum atomic E-state index is 4.36. The molecule has 0 spiro atoms. The average molecular weight is 836 g/mol. The molecule has 0 saturated heterocycles. The Kier molecular flexibility index (Phi) is 11.0. The summed E-state index contributed by atoms with van der Waals surface area (Å²) < 4.78 is 0. The van der Waals surface area contributed by atoms with E-state index in [2.05, 4.69) is 242 Å². The van der Waals surface area contributed by atoms with E-state index in [0.29, 0.717) is 0 Å². The third-order valence-corrected chi connectivity index (χ3v) is 12.7. The van der Waals surface area contributed by atoms with E-state index in [0.717, 1.165) is 67.5 Å². The molecule has 1 aliphatic rings. The number of hydrogen-bond donors (Lipinski definition) is 0. The van der Waals surface area contributed by atoms with Crippen LogP contribution in [0.25, 0.3) is 50.1 Å². The molecule has 0 N–H and O–H groups in total. The Morgan fingerprint density at radius 3 is 1.37 bits per heavy atom. The molecule has 0 saturated carbocycles. The fourth-order valence-electron chi connectivity index (χ4n) is 9.33. The smallest absolute Gasteiger partial charge is 0.0468 e. The monoisotopic (exact) mass is 835 g/mol. The number of nitrogens with zero attached hydrogens (tertiary/aromatic N) is 3. The van der Waals surface area contributed by atoms with Gasteiger partial charge in [-0.25, -0.2) is 0 Å². The van der Waals surface area contributed by atoms with Gasteiger partial charge in [0.15, 0.2) is 0 Å². The van der Waals surface area contributed by atoms with Crippen LogP contribution in [0.5, 0.6) is 0 Å². The molecule has 9 aromatic rings. The molecule has 312 valence electrons. The third kappa shape index (κ3) is 7.90. The molecule has 8 aromatic carbocycles. The molecule has 0 radical (unpaired) electrons. The van der Waals surface area contributed by atoms with E-state index in [1.54, 1.807) is 6.08 Å². The molecule has 3 heteroatoms. The van der Waals surface area contributed by atoms with Crippen molar-refractivity contribution in [3.05, 3.63) is 267 Å². The van der Waals surface area contributed by atoms with Crippen LogP contribution in [-0.4, -0.2) is 4.98 Å². The molecule has 0 atom stereocenters. The summed E-state index contributed by atoms with van der Waals surface area (Å²) in [5, 5.41) is 0. The molecule has 1 aromatic heterocycles. The normalized spacial score (nSPS) is 12.5. The Balaban J connectivity index is 0.991. The van der Waals surface area contributed by atoms with Gasteiger partial charge in [0.2, 0.25) is 0 Å². The van der Waals surface area contributed by atoms with E-state index < -0.39 is 0 Å². The quantitative estimate of drug-likeness (QED) is 0.114. The first kappa shape index (κ1) is 40.8. The summed E-state index contributed by atoms with van der Waals surface area (Å²) in [6, 6.07) is 74.5. The Bertz CT molecular complexity index is 3150. The van der Waals surface area contributed by atoms with Gasteiger partial charge in [0.25, 0.3) is 0 Å². The second kappa shape index (κ2) is 17.5. The predicted octanol–water partition coefficient (Wildman–Crippen LogP) is 17.1. The van der Waals surface area contributed by atoms with Gasteiger partial charge in [0, 0.05) is 51.9 Å². The number of fused-ring (bicyclic) bond motifs is 3. The van der Waals surface area contributed by atoms with Gasteiger partial charge in [0.1, 0.15) is 0 Å². The van der Waals surface area contributed by atoms with Crippen molar-refractivity contribution in [1.82, 2.24) is 4.98 Å². The second-order valence-electron chi connectivity index (χ2n) is 17.0. The van der Waals surface area contributed by atoms with E-state index in [1.165, 1.54) is 33.4 Å². The number of hydrogen-bond acceptors (Lipinski definition) is 3. The Morgan fingerprint density at radius 1 is 0.431 bits per heavy atom. The van der Waals surface area contributed by atoms with Gasteiger partial charge in [-0.1, -0.05) is 173 Å². The van der Waals surface area contributed by atoms with Crippen LogP contribution in [0.2, 0.25) is 0 Å². The van der Waals surface area contributed by atoms with Crippen LogP contribution in [0.3, 0.4) is 0 Å². The van der Waals surface area contributed by atoms with Gasteiger partial charge >= 0.3 is 0 Å². The molecule has 0 aliphatic heterocycles. The summed E-state index contributed by atoms with van der Waals surface area (Å²) in [5.41, 5.74) is 20.8. The van der Waals surface area contributed by atoms with E-state index >= 15 is 0 Å². The molecule has 0 fully saturated rings. The van der Waals surface area contributed by atoms with Crippen molar-refractivity contribution in [2.75, 3.05) is 9.80 Å². The van der Waals surface area contributed by atoms with E-state index in [4.69, 9.17) is 0 Å². The highest BCUT2D eigenvalue weighted by molar-refractivity contribution is 5.88. The van der Waals surface area contributed by atoms with Crippen molar-refractivity contribution in [2.45, 2.75) is 19.3 Å². The average Bonchev–Trinajstić information content (AvgIpc) is 3.60.